The molecule has 2 aromatic rings. The molecule has 26 heavy (non-hydrogen) atoms. The predicted octanol–water partition coefficient (Wildman–Crippen LogP) is 0.874. The molecule has 3 heterocycles. The average molecular weight is 356 g/mol. The molecule has 1 fully saturated rings. The predicted molar refractivity (Wildman–Crippen MR) is 98.5 cm³/mol. The molecule has 8 heteroatoms. The number of aromatic amines is 1. The summed E-state index contributed by atoms with van der Waals surface area (Å²) in [7, 11) is 2.04. The van der Waals surface area contributed by atoms with Crippen molar-refractivity contribution >= 4 is 11.7 Å². The van der Waals surface area contributed by atoms with Gasteiger partial charge in [0, 0.05) is 31.5 Å². The van der Waals surface area contributed by atoms with Crippen LogP contribution in [0.25, 0.3) is 0 Å². The number of nitrogen functional groups attached to an aromatic ring is 1. The van der Waals surface area contributed by atoms with Crippen LogP contribution in [0.1, 0.15) is 35.4 Å². The molecule has 1 amide bonds. The molecule has 3 N–H and O–H groups in total. The Kier molecular flexibility index (Phi) is 5.62. The van der Waals surface area contributed by atoms with Gasteiger partial charge in [-0.1, -0.05) is 0 Å². The topological polar surface area (TPSA) is 108 Å². The average Bonchev–Trinajstić information content (AvgIpc) is 2.88. The van der Waals surface area contributed by atoms with Crippen molar-refractivity contribution in [3.63, 3.8) is 0 Å². The lowest BCUT2D eigenvalue weighted by Crippen LogP contribution is -2.37. The van der Waals surface area contributed by atoms with Gasteiger partial charge in [0.2, 0.25) is 0 Å². The van der Waals surface area contributed by atoms with Gasteiger partial charge < -0.3 is 15.6 Å². The fraction of sp³-hybridized carbons (Fsp3) is 0.444. The van der Waals surface area contributed by atoms with Crippen molar-refractivity contribution in [3.05, 3.63) is 52.3 Å². The third kappa shape index (κ3) is 4.26. The molecule has 1 atom stereocenters. The van der Waals surface area contributed by atoms with Gasteiger partial charge in [-0.3, -0.25) is 14.5 Å². The maximum Gasteiger partial charge on any atom is 0.260 e. The van der Waals surface area contributed by atoms with Gasteiger partial charge in [-0.15, -0.1) is 0 Å². The zero-order valence-electron chi connectivity index (χ0n) is 14.9. The van der Waals surface area contributed by atoms with Gasteiger partial charge >= 0.3 is 0 Å². The fourth-order valence-corrected chi connectivity index (χ4v) is 3.33. The standard InChI is InChI=1S/C18H24N6O2/c1-23(12-16-20-9-6-15(19)22-16)13-4-3-10-24(11-7-13)18(26)14-5-2-8-21-17(14)25/h2,5-6,8-9,13H,3-4,7,10-12H2,1H3,(H,21,25)(H2,19,20,22)/t13-/m1/s1. The van der Waals surface area contributed by atoms with Gasteiger partial charge in [0.1, 0.15) is 17.2 Å². The maximum atomic E-state index is 12.6. The lowest BCUT2D eigenvalue weighted by atomic mass is 10.1. The van der Waals surface area contributed by atoms with E-state index in [4.69, 9.17) is 5.73 Å². The molecule has 1 saturated heterocycles. The number of aromatic nitrogens is 3. The quantitative estimate of drug-likeness (QED) is 0.842. The Morgan fingerprint density at radius 2 is 2.23 bits per heavy atom. The van der Waals surface area contributed by atoms with E-state index >= 15 is 0 Å². The molecule has 0 bridgehead atoms. The van der Waals surface area contributed by atoms with Crippen LogP contribution in [0, 0.1) is 0 Å². The Morgan fingerprint density at radius 3 is 3.00 bits per heavy atom. The Morgan fingerprint density at radius 1 is 1.38 bits per heavy atom. The minimum Gasteiger partial charge on any atom is -0.384 e. The number of likely N-dealkylation sites (tertiary alicyclic amines) is 1. The molecule has 1 aliphatic rings. The third-order valence-electron chi connectivity index (χ3n) is 4.77. The van der Waals surface area contributed by atoms with E-state index in [2.05, 4.69) is 19.9 Å². The van der Waals surface area contributed by atoms with Crippen LogP contribution >= 0.6 is 0 Å². The molecule has 0 spiro atoms. The van der Waals surface area contributed by atoms with E-state index in [0.717, 1.165) is 19.3 Å². The van der Waals surface area contributed by atoms with E-state index in [1.54, 1.807) is 29.3 Å². The minimum absolute atomic E-state index is 0.200. The number of nitrogens with two attached hydrogens (primary N) is 1. The first kappa shape index (κ1) is 18.1. The monoisotopic (exact) mass is 356 g/mol. The molecule has 8 nitrogen and oxygen atoms in total. The fourth-order valence-electron chi connectivity index (χ4n) is 3.33. The summed E-state index contributed by atoms with van der Waals surface area (Å²) in [5, 5.41) is 0. The van der Waals surface area contributed by atoms with Crippen LogP contribution in [0.3, 0.4) is 0 Å². The van der Waals surface area contributed by atoms with Crippen LogP contribution in [0.2, 0.25) is 0 Å². The Balaban J connectivity index is 1.62. The smallest absolute Gasteiger partial charge is 0.260 e. The first-order valence-corrected chi connectivity index (χ1v) is 8.79. The van der Waals surface area contributed by atoms with Gasteiger partial charge in [-0.2, -0.15) is 0 Å². The van der Waals surface area contributed by atoms with E-state index in [9.17, 15) is 9.59 Å². The maximum absolute atomic E-state index is 12.6. The van der Waals surface area contributed by atoms with E-state index in [1.807, 2.05) is 7.05 Å². The number of pyridine rings is 1. The second kappa shape index (κ2) is 8.09. The summed E-state index contributed by atoms with van der Waals surface area (Å²) < 4.78 is 0. The second-order valence-corrected chi connectivity index (χ2v) is 6.60. The van der Waals surface area contributed by atoms with Crippen molar-refractivity contribution in [2.45, 2.75) is 31.8 Å². The zero-order valence-corrected chi connectivity index (χ0v) is 14.9. The van der Waals surface area contributed by atoms with Crippen molar-refractivity contribution in [1.82, 2.24) is 24.8 Å². The Labute approximate surface area is 152 Å². The van der Waals surface area contributed by atoms with E-state index in [1.165, 1.54) is 6.20 Å². The summed E-state index contributed by atoms with van der Waals surface area (Å²) in [5.74, 6) is 0.962. The van der Waals surface area contributed by atoms with Gasteiger partial charge in [0.15, 0.2) is 0 Å². The number of nitrogens with zero attached hydrogens (tertiary/aromatic N) is 4. The first-order valence-electron chi connectivity index (χ1n) is 8.79. The number of nitrogens with one attached hydrogen (secondary N) is 1. The Bertz CT molecular complexity index is 821. The number of H-pyrrole nitrogens is 1. The molecule has 2 aromatic heterocycles. The van der Waals surface area contributed by atoms with Crippen LogP contribution in [-0.4, -0.2) is 56.8 Å². The molecule has 138 valence electrons. The number of hydrogen-bond acceptors (Lipinski definition) is 6. The molecule has 0 saturated carbocycles. The highest BCUT2D eigenvalue weighted by molar-refractivity contribution is 5.93. The number of amides is 1. The van der Waals surface area contributed by atoms with Crippen LogP contribution < -0.4 is 11.3 Å². The van der Waals surface area contributed by atoms with Crippen LogP contribution in [0.5, 0.6) is 0 Å². The van der Waals surface area contributed by atoms with Crippen molar-refractivity contribution in [1.29, 1.82) is 0 Å². The van der Waals surface area contributed by atoms with Crippen molar-refractivity contribution in [2.75, 3.05) is 25.9 Å². The molecule has 0 radical (unpaired) electrons. The molecule has 0 aromatic carbocycles. The summed E-state index contributed by atoms with van der Waals surface area (Å²) in [6, 6.07) is 5.25. The van der Waals surface area contributed by atoms with Crippen molar-refractivity contribution in [2.24, 2.45) is 0 Å². The normalized spacial score (nSPS) is 17.9. The van der Waals surface area contributed by atoms with Crippen molar-refractivity contribution < 1.29 is 4.79 Å². The van der Waals surface area contributed by atoms with Crippen LogP contribution in [0.4, 0.5) is 5.82 Å². The summed E-state index contributed by atoms with van der Waals surface area (Å²) in [4.78, 5) is 39.5. The number of carbonyl (C=O) groups excluding carboxylic acids is 1. The SMILES string of the molecule is CN(Cc1nccc(N)n1)[C@@H]1CCCN(C(=O)c2ccc[nH]c2=O)CC1. The van der Waals surface area contributed by atoms with Gasteiger partial charge in [0.05, 0.1) is 6.54 Å². The zero-order chi connectivity index (χ0) is 18.5. The lowest BCUT2D eigenvalue weighted by Gasteiger charge is -2.26. The van der Waals surface area contributed by atoms with Crippen molar-refractivity contribution in [3.8, 4) is 0 Å². The highest BCUT2D eigenvalue weighted by atomic mass is 16.2. The van der Waals surface area contributed by atoms with E-state index in [0.29, 0.717) is 37.3 Å². The number of carbonyl (C=O) groups is 1. The van der Waals surface area contributed by atoms with Gasteiger partial charge in [-0.05, 0) is 44.5 Å². The molecular formula is C18H24N6O2. The third-order valence-corrected chi connectivity index (χ3v) is 4.77. The largest absolute Gasteiger partial charge is 0.384 e. The van der Waals surface area contributed by atoms with Crippen LogP contribution in [0.15, 0.2) is 35.4 Å². The summed E-state index contributed by atoms with van der Waals surface area (Å²) in [6.45, 7) is 1.90. The number of anilines is 1. The molecule has 1 aliphatic heterocycles. The molecule has 0 aliphatic carbocycles. The first-order chi connectivity index (χ1) is 12.5. The number of hydrogen-bond donors (Lipinski definition) is 2. The molecule has 3 rings (SSSR count). The number of rotatable bonds is 4. The second-order valence-electron chi connectivity index (χ2n) is 6.60. The van der Waals surface area contributed by atoms with E-state index in [-0.39, 0.29) is 17.0 Å². The highest BCUT2D eigenvalue weighted by Crippen LogP contribution is 2.18. The van der Waals surface area contributed by atoms with Gasteiger partial charge in [-0.25, -0.2) is 9.97 Å². The summed E-state index contributed by atoms with van der Waals surface area (Å²) >= 11 is 0. The summed E-state index contributed by atoms with van der Waals surface area (Å²) in [5.41, 5.74) is 5.58. The highest BCUT2D eigenvalue weighted by Gasteiger charge is 2.25. The van der Waals surface area contributed by atoms with Crippen LogP contribution in [-0.2, 0) is 6.54 Å². The van der Waals surface area contributed by atoms with E-state index < -0.39 is 0 Å². The summed E-state index contributed by atoms with van der Waals surface area (Å²) in [6.07, 6.45) is 5.91. The molecular weight excluding hydrogens is 332 g/mol. The molecule has 0 unspecified atom stereocenters. The Hall–Kier alpha value is -2.74. The van der Waals surface area contributed by atoms with Gasteiger partial charge in [0.25, 0.3) is 11.5 Å². The lowest BCUT2D eigenvalue weighted by molar-refractivity contribution is 0.0755. The minimum atomic E-state index is -0.339.